The molecule has 0 aliphatic carbocycles. The van der Waals surface area contributed by atoms with Crippen molar-refractivity contribution < 1.29 is 17.9 Å². The van der Waals surface area contributed by atoms with Crippen molar-refractivity contribution in [2.75, 3.05) is 6.61 Å². The number of nitrogens with one attached hydrogen (secondary N) is 1. The molecule has 0 aromatic carbocycles. The van der Waals surface area contributed by atoms with Gasteiger partial charge in [-0.1, -0.05) is 44.2 Å². The van der Waals surface area contributed by atoms with Crippen LogP contribution in [0.4, 0.5) is 0 Å². The number of thiophene rings is 1. The topological polar surface area (TPSA) is 79.5 Å². The van der Waals surface area contributed by atoms with Crippen LogP contribution in [0.1, 0.15) is 50.7 Å². The molecule has 0 fully saturated rings. The van der Waals surface area contributed by atoms with Gasteiger partial charge in [0.15, 0.2) is 0 Å². The second kappa shape index (κ2) is 9.73. The van der Waals surface area contributed by atoms with Crippen molar-refractivity contribution in [3.8, 4) is 0 Å². The normalized spacial score (nSPS) is 14.5. The summed E-state index contributed by atoms with van der Waals surface area (Å²) in [5.74, 6) is 0.463. The van der Waals surface area contributed by atoms with Crippen molar-refractivity contribution >= 4 is 33.0 Å². The largest absolute Gasteiger partial charge is 0.469 e. The minimum absolute atomic E-state index is 0.139. The zero-order chi connectivity index (χ0) is 18.3. The Bertz CT molecular complexity index is 728. The van der Waals surface area contributed by atoms with Crippen molar-refractivity contribution in [3.05, 3.63) is 40.6 Å². The molecule has 0 amide bonds. The smallest absolute Gasteiger partial charge is 0.250 e. The lowest BCUT2D eigenvalue weighted by molar-refractivity contribution is 0.223. The number of sulfonamides is 1. The van der Waals surface area contributed by atoms with E-state index < -0.39 is 16.1 Å². The lowest BCUT2D eigenvalue weighted by Crippen LogP contribution is -2.41. The predicted molar refractivity (Wildman–Crippen MR) is 101 cm³/mol. The van der Waals surface area contributed by atoms with Crippen LogP contribution < -0.4 is 4.72 Å². The average molecular weight is 406 g/mol. The first-order valence-corrected chi connectivity index (χ1v) is 11.1. The molecule has 2 rings (SSSR count). The molecule has 0 unspecified atom stereocenters. The Labute approximate surface area is 158 Å². The summed E-state index contributed by atoms with van der Waals surface area (Å²) in [4.78, 5) is 0. The highest BCUT2D eigenvalue weighted by Gasteiger charge is 2.30. The summed E-state index contributed by atoms with van der Waals surface area (Å²) in [7, 11) is -3.74. The maximum Gasteiger partial charge on any atom is 0.250 e. The van der Waals surface area contributed by atoms with Gasteiger partial charge in [-0.05, 0) is 30.7 Å². The molecule has 2 N–H and O–H groups in total. The van der Waals surface area contributed by atoms with E-state index >= 15 is 0 Å². The van der Waals surface area contributed by atoms with E-state index in [1.165, 1.54) is 6.07 Å². The van der Waals surface area contributed by atoms with E-state index in [9.17, 15) is 13.5 Å². The van der Waals surface area contributed by atoms with Gasteiger partial charge in [0, 0.05) is 5.92 Å². The van der Waals surface area contributed by atoms with E-state index in [4.69, 9.17) is 16.0 Å². The molecule has 5 nitrogen and oxygen atoms in total. The fourth-order valence-electron chi connectivity index (χ4n) is 2.78. The summed E-state index contributed by atoms with van der Waals surface area (Å²) in [5.41, 5.74) is 0. The van der Waals surface area contributed by atoms with Crippen LogP contribution in [0.25, 0.3) is 0 Å². The molecule has 0 spiro atoms. The van der Waals surface area contributed by atoms with Crippen molar-refractivity contribution in [2.24, 2.45) is 0 Å². The lowest BCUT2D eigenvalue weighted by atomic mass is 9.92. The molecule has 2 aromatic rings. The summed E-state index contributed by atoms with van der Waals surface area (Å²) in [6.45, 7) is 1.83. The molecule has 2 heterocycles. The van der Waals surface area contributed by atoms with Gasteiger partial charge in [-0.2, -0.15) is 0 Å². The fourth-order valence-corrected chi connectivity index (χ4v) is 5.55. The van der Waals surface area contributed by atoms with Gasteiger partial charge in [-0.3, -0.25) is 0 Å². The molecule has 2 aromatic heterocycles. The number of rotatable bonds is 11. The Hall–Kier alpha value is -0.860. The quantitative estimate of drug-likeness (QED) is 0.543. The van der Waals surface area contributed by atoms with Gasteiger partial charge >= 0.3 is 0 Å². The highest BCUT2D eigenvalue weighted by molar-refractivity contribution is 7.91. The van der Waals surface area contributed by atoms with Gasteiger partial charge in [0.1, 0.15) is 9.97 Å². The average Bonchev–Trinajstić information content (AvgIpc) is 3.25. The number of hydrogen-bond acceptors (Lipinski definition) is 5. The minimum Gasteiger partial charge on any atom is -0.469 e. The lowest BCUT2D eigenvalue weighted by Gasteiger charge is -2.24. The number of unbranched alkanes of at least 4 members (excludes halogenated alkanes) is 3. The van der Waals surface area contributed by atoms with Crippen LogP contribution in [0.15, 0.2) is 39.2 Å². The molecule has 0 saturated heterocycles. The third-order valence-corrected chi connectivity index (χ3v) is 7.29. The Morgan fingerprint density at radius 1 is 1.28 bits per heavy atom. The number of halogens is 1. The molecule has 0 saturated carbocycles. The van der Waals surface area contributed by atoms with Gasteiger partial charge < -0.3 is 9.52 Å². The Kier molecular flexibility index (Phi) is 7.96. The third-order valence-electron chi connectivity index (χ3n) is 4.08. The fraction of sp³-hybridized carbons (Fsp3) is 0.529. The maximum atomic E-state index is 12.6. The summed E-state index contributed by atoms with van der Waals surface area (Å²) in [6.07, 6.45) is 6.58. The molecule has 8 heteroatoms. The molecule has 140 valence electrons. The number of furan rings is 1. The first kappa shape index (κ1) is 20.5. The van der Waals surface area contributed by atoms with E-state index in [2.05, 4.69) is 11.6 Å². The van der Waals surface area contributed by atoms with Crippen LogP contribution in [-0.2, 0) is 10.0 Å². The molecular weight excluding hydrogens is 382 g/mol. The van der Waals surface area contributed by atoms with Gasteiger partial charge in [0.25, 0.3) is 0 Å². The van der Waals surface area contributed by atoms with Crippen molar-refractivity contribution in [1.29, 1.82) is 0 Å². The standard InChI is InChI=1S/C17H24ClNO4S2/c1-2-3-4-5-7-13(15-8-6-11-23-15)14(12-20)19-25(21,22)17-10-9-16(18)24-17/h6,8-11,13-14,19-20H,2-5,7,12H2,1H3/t13-,14+/m1/s1. The second-order valence-corrected chi connectivity index (χ2v) is 9.60. The van der Waals surface area contributed by atoms with Gasteiger partial charge in [-0.25, -0.2) is 13.1 Å². The minimum atomic E-state index is -3.74. The monoisotopic (exact) mass is 405 g/mol. The zero-order valence-electron chi connectivity index (χ0n) is 14.2. The van der Waals surface area contributed by atoms with Crippen molar-refractivity contribution in [3.63, 3.8) is 0 Å². The molecule has 0 aliphatic rings. The van der Waals surface area contributed by atoms with Crippen molar-refractivity contribution in [2.45, 2.75) is 55.2 Å². The molecule has 0 aliphatic heterocycles. The van der Waals surface area contributed by atoms with Crippen LogP contribution in [0.5, 0.6) is 0 Å². The number of hydrogen-bond donors (Lipinski definition) is 2. The first-order valence-electron chi connectivity index (χ1n) is 8.40. The Balaban J connectivity index is 2.15. The van der Waals surface area contributed by atoms with E-state index in [0.29, 0.717) is 10.1 Å². The van der Waals surface area contributed by atoms with E-state index in [-0.39, 0.29) is 16.7 Å². The number of aliphatic hydroxyl groups excluding tert-OH is 1. The second-order valence-electron chi connectivity index (χ2n) is 5.94. The summed E-state index contributed by atoms with van der Waals surface area (Å²) in [5, 5.41) is 9.82. The molecule has 2 atom stereocenters. The van der Waals surface area contributed by atoms with Crippen LogP contribution in [-0.4, -0.2) is 26.2 Å². The van der Waals surface area contributed by atoms with Crippen LogP contribution in [0, 0.1) is 0 Å². The summed E-state index contributed by atoms with van der Waals surface area (Å²) < 4.78 is 33.8. The van der Waals surface area contributed by atoms with Gasteiger partial charge in [0.2, 0.25) is 10.0 Å². The Morgan fingerprint density at radius 2 is 2.08 bits per heavy atom. The highest BCUT2D eigenvalue weighted by Crippen LogP contribution is 2.30. The van der Waals surface area contributed by atoms with Crippen LogP contribution >= 0.6 is 22.9 Å². The first-order chi connectivity index (χ1) is 12.0. The molecular formula is C17H24ClNO4S2. The Morgan fingerprint density at radius 3 is 2.64 bits per heavy atom. The zero-order valence-corrected chi connectivity index (χ0v) is 16.5. The number of aliphatic hydroxyl groups is 1. The summed E-state index contributed by atoms with van der Waals surface area (Å²) in [6, 6.07) is 5.95. The summed E-state index contributed by atoms with van der Waals surface area (Å²) >= 11 is 6.83. The SMILES string of the molecule is CCCCCC[C@@H](c1ccco1)[C@H](CO)NS(=O)(=O)c1ccc(Cl)s1. The van der Waals surface area contributed by atoms with Crippen molar-refractivity contribution in [1.82, 2.24) is 4.72 Å². The van der Waals surface area contributed by atoms with E-state index in [0.717, 1.165) is 43.4 Å². The van der Waals surface area contributed by atoms with Gasteiger partial charge in [0.05, 0.1) is 23.2 Å². The molecule has 0 bridgehead atoms. The van der Waals surface area contributed by atoms with Crippen LogP contribution in [0.2, 0.25) is 4.34 Å². The van der Waals surface area contributed by atoms with E-state index in [1.807, 2.05) is 6.07 Å². The van der Waals surface area contributed by atoms with Gasteiger partial charge in [-0.15, -0.1) is 11.3 Å². The van der Waals surface area contributed by atoms with E-state index in [1.54, 1.807) is 18.4 Å². The molecule has 0 radical (unpaired) electrons. The van der Waals surface area contributed by atoms with Crippen LogP contribution in [0.3, 0.4) is 0 Å². The molecule has 25 heavy (non-hydrogen) atoms. The predicted octanol–water partition coefficient (Wildman–Crippen LogP) is 4.39. The third kappa shape index (κ3) is 5.82. The highest BCUT2D eigenvalue weighted by atomic mass is 35.5. The maximum absolute atomic E-state index is 12.6.